The fraction of sp³-hybridized carbons (Fsp3) is 0.350. The van der Waals surface area contributed by atoms with Gasteiger partial charge in [0.1, 0.15) is 0 Å². The lowest BCUT2D eigenvalue weighted by Gasteiger charge is -2.18. The van der Waals surface area contributed by atoms with E-state index in [4.69, 9.17) is 0 Å². The molecule has 0 N–H and O–H groups in total. The summed E-state index contributed by atoms with van der Waals surface area (Å²) in [6.45, 7) is 6.09. The van der Waals surface area contributed by atoms with Crippen molar-refractivity contribution in [3.05, 3.63) is 66.0 Å². The first kappa shape index (κ1) is 15.5. The predicted molar refractivity (Wildman–Crippen MR) is 92.7 cm³/mol. The molecule has 0 saturated heterocycles. The van der Waals surface area contributed by atoms with E-state index in [1.165, 1.54) is 22.8 Å². The van der Waals surface area contributed by atoms with Crippen molar-refractivity contribution in [3.8, 4) is 0 Å². The minimum Gasteiger partial charge on any atom is -0.261 e. The molecule has 1 heteroatoms. The smallest absolute Gasteiger partial charge is 0.0451 e. The topological polar surface area (TPSA) is 12.9 Å². The largest absolute Gasteiger partial charge is 0.261 e. The van der Waals surface area contributed by atoms with Crippen LogP contribution in [-0.2, 0) is 0 Å². The molecule has 0 aliphatic heterocycles. The molecule has 1 aliphatic rings. The van der Waals surface area contributed by atoms with E-state index in [0.717, 1.165) is 18.5 Å². The summed E-state index contributed by atoms with van der Waals surface area (Å²) < 4.78 is 0. The van der Waals surface area contributed by atoms with E-state index < -0.39 is 0 Å². The monoisotopic (exact) mass is 279 g/mol. The Kier molecular flexibility index (Phi) is 5.74. The first-order valence-corrected chi connectivity index (χ1v) is 8.02. The van der Waals surface area contributed by atoms with Crippen molar-refractivity contribution in [2.45, 2.75) is 46.0 Å². The van der Waals surface area contributed by atoms with E-state index in [0.29, 0.717) is 5.92 Å². The van der Waals surface area contributed by atoms with Gasteiger partial charge >= 0.3 is 0 Å². The molecule has 2 aromatic rings. The molecule has 0 saturated carbocycles. The maximum Gasteiger partial charge on any atom is 0.0451 e. The number of rotatable bonds is 1. The van der Waals surface area contributed by atoms with Gasteiger partial charge in [-0.05, 0) is 43.1 Å². The summed E-state index contributed by atoms with van der Waals surface area (Å²) in [5.41, 5.74) is 2.53. The Balaban J connectivity index is 0.000000774. The Morgan fingerprint density at radius 2 is 1.71 bits per heavy atom. The summed E-state index contributed by atoms with van der Waals surface area (Å²) in [5.74, 6) is 0.583. The van der Waals surface area contributed by atoms with Crippen LogP contribution in [0.15, 0.2) is 54.8 Å². The Morgan fingerprint density at radius 1 is 1.00 bits per heavy atom. The molecule has 0 amide bonds. The van der Waals surface area contributed by atoms with Gasteiger partial charge in [-0.15, -0.1) is 0 Å². The summed E-state index contributed by atoms with van der Waals surface area (Å²) in [7, 11) is 0. The van der Waals surface area contributed by atoms with Crippen LogP contribution in [-0.4, -0.2) is 4.98 Å². The maximum absolute atomic E-state index is 4.59. The molecule has 1 aromatic heterocycles. The molecule has 0 radical (unpaired) electrons. The zero-order valence-electron chi connectivity index (χ0n) is 13.3. The number of fused-ring (bicyclic) bond motifs is 1. The van der Waals surface area contributed by atoms with Gasteiger partial charge in [0.15, 0.2) is 0 Å². The molecule has 21 heavy (non-hydrogen) atoms. The second-order valence-electron chi connectivity index (χ2n) is 5.21. The molecule has 1 atom stereocenters. The number of benzene rings is 1. The molecule has 110 valence electrons. The van der Waals surface area contributed by atoms with E-state index in [1.54, 1.807) is 0 Å². The van der Waals surface area contributed by atoms with Gasteiger partial charge in [-0.3, -0.25) is 4.98 Å². The van der Waals surface area contributed by atoms with Gasteiger partial charge in [-0.25, -0.2) is 0 Å². The Morgan fingerprint density at radius 3 is 2.52 bits per heavy atom. The van der Waals surface area contributed by atoms with Crippen LogP contribution in [0, 0.1) is 6.92 Å². The number of pyridine rings is 1. The highest BCUT2D eigenvalue weighted by Gasteiger charge is 2.14. The van der Waals surface area contributed by atoms with Crippen molar-refractivity contribution >= 4 is 10.8 Å². The third-order valence-corrected chi connectivity index (χ3v) is 3.95. The Hall–Kier alpha value is -1.89. The lowest BCUT2D eigenvalue weighted by Crippen LogP contribution is -2.01. The van der Waals surface area contributed by atoms with Crippen molar-refractivity contribution in [1.29, 1.82) is 0 Å². The first-order valence-electron chi connectivity index (χ1n) is 8.02. The summed E-state index contributed by atoms with van der Waals surface area (Å²) in [6.07, 6.45) is 14.4. The van der Waals surface area contributed by atoms with Crippen LogP contribution in [0.4, 0.5) is 0 Å². The van der Waals surface area contributed by atoms with Crippen molar-refractivity contribution in [3.63, 3.8) is 0 Å². The fourth-order valence-corrected chi connectivity index (χ4v) is 2.88. The molecular weight excluding hydrogens is 254 g/mol. The zero-order valence-corrected chi connectivity index (χ0v) is 13.3. The van der Waals surface area contributed by atoms with Crippen LogP contribution in [0.25, 0.3) is 10.8 Å². The van der Waals surface area contributed by atoms with Crippen LogP contribution in [0.1, 0.15) is 50.3 Å². The van der Waals surface area contributed by atoms with Crippen LogP contribution >= 0.6 is 0 Å². The van der Waals surface area contributed by atoms with Crippen LogP contribution in [0.2, 0.25) is 0 Å². The number of aryl methyl sites for hydroxylation is 1. The Bertz CT molecular complexity index is 637. The van der Waals surface area contributed by atoms with Gasteiger partial charge in [0.25, 0.3) is 0 Å². The first-order chi connectivity index (χ1) is 10.4. The minimum atomic E-state index is 0.583. The molecule has 3 rings (SSSR count). The predicted octanol–water partition coefficient (Wildman–Crippen LogP) is 5.95. The molecule has 1 heterocycles. The van der Waals surface area contributed by atoms with Gasteiger partial charge in [0.2, 0.25) is 0 Å². The fourth-order valence-electron chi connectivity index (χ4n) is 2.88. The lowest BCUT2D eigenvalue weighted by molar-refractivity contribution is 0.640. The third-order valence-electron chi connectivity index (χ3n) is 3.95. The SMILES string of the molecule is CC.Cc1ncc(C2C/C=C\C=C/CC2)c2ccccc12. The van der Waals surface area contributed by atoms with E-state index in [9.17, 15) is 0 Å². The van der Waals surface area contributed by atoms with Crippen molar-refractivity contribution in [2.75, 3.05) is 0 Å². The molecule has 0 fully saturated rings. The number of hydrogen-bond acceptors (Lipinski definition) is 1. The van der Waals surface area contributed by atoms with Crippen molar-refractivity contribution in [1.82, 2.24) is 4.98 Å². The second kappa shape index (κ2) is 7.78. The number of hydrogen-bond donors (Lipinski definition) is 0. The summed E-state index contributed by atoms with van der Waals surface area (Å²) >= 11 is 0. The number of aromatic nitrogens is 1. The normalized spacial score (nSPS) is 20.8. The van der Waals surface area contributed by atoms with E-state index >= 15 is 0 Å². The summed E-state index contributed by atoms with van der Waals surface area (Å²) in [5, 5.41) is 2.67. The molecule has 0 spiro atoms. The molecule has 1 aliphatic carbocycles. The van der Waals surface area contributed by atoms with E-state index in [-0.39, 0.29) is 0 Å². The van der Waals surface area contributed by atoms with Crippen LogP contribution in [0.3, 0.4) is 0 Å². The van der Waals surface area contributed by atoms with Gasteiger partial charge in [0.05, 0.1) is 0 Å². The van der Waals surface area contributed by atoms with Crippen molar-refractivity contribution < 1.29 is 0 Å². The minimum absolute atomic E-state index is 0.583. The molecule has 1 nitrogen and oxygen atoms in total. The average molecular weight is 279 g/mol. The van der Waals surface area contributed by atoms with Gasteiger partial charge in [-0.1, -0.05) is 62.4 Å². The highest BCUT2D eigenvalue weighted by atomic mass is 14.7. The van der Waals surface area contributed by atoms with Gasteiger partial charge < -0.3 is 0 Å². The molecule has 0 bridgehead atoms. The maximum atomic E-state index is 4.59. The number of allylic oxidation sites excluding steroid dienone is 4. The Labute approximate surface area is 128 Å². The highest BCUT2D eigenvalue weighted by Crippen LogP contribution is 2.32. The molecule has 1 aromatic carbocycles. The average Bonchev–Trinajstić information content (AvgIpc) is 2.51. The third kappa shape index (κ3) is 3.60. The second-order valence-corrected chi connectivity index (χ2v) is 5.21. The molecular formula is C20H25N. The van der Waals surface area contributed by atoms with Gasteiger partial charge in [0, 0.05) is 17.3 Å². The summed E-state index contributed by atoms with van der Waals surface area (Å²) in [4.78, 5) is 4.59. The number of nitrogens with zero attached hydrogens (tertiary/aromatic N) is 1. The van der Waals surface area contributed by atoms with Crippen LogP contribution in [0.5, 0.6) is 0 Å². The van der Waals surface area contributed by atoms with Crippen molar-refractivity contribution in [2.24, 2.45) is 0 Å². The zero-order chi connectivity index (χ0) is 15.1. The van der Waals surface area contributed by atoms with Gasteiger partial charge in [-0.2, -0.15) is 0 Å². The quantitative estimate of drug-likeness (QED) is 0.628. The highest BCUT2D eigenvalue weighted by molar-refractivity contribution is 5.87. The lowest BCUT2D eigenvalue weighted by atomic mass is 9.87. The van der Waals surface area contributed by atoms with E-state index in [1.807, 2.05) is 13.8 Å². The standard InChI is InChI=1S/C18H19N.C2H6/c1-14-16-11-7-8-12-17(16)18(13-19-14)15-9-5-3-2-4-6-10-15;1-2/h2-5,7-8,11-13,15H,6,9-10H2,1H3;1-2H3/b4-2-,5-3-;. The molecule has 1 unspecified atom stereocenters. The summed E-state index contributed by atoms with van der Waals surface area (Å²) in [6, 6.07) is 8.64. The van der Waals surface area contributed by atoms with Crippen LogP contribution < -0.4 is 0 Å². The van der Waals surface area contributed by atoms with E-state index in [2.05, 4.69) is 66.7 Å².